The average Bonchev–Trinajstić information content (AvgIpc) is 3.09. The smallest absolute Gasteiger partial charge is 0.353 e. The summed E-state index contributed by atoms with van der Waals surface area (Å²) in [5.41, 5.74) is 0.0280. The zero-order valence-corrected chi connectivity index (χ0v) is 17.4. The Bertz CT molecular complexity index is 843. The van der Waals surface area contributed by atoms with E-state index < -0.39 is 17.2 Å². The molecule has 152 valence electrons. The van der Waals surface area contributed by atoms with Crippen molar-refractivity contribution < 1.29 is 23.8 Å². The van der Waals surface area contributed by atoms with Crippen LogP contribution in [0, 0.1) is 18.2 Å². The first-order valence-corrected chi connectivity index (χ1v) is 9.96. The van der Waals surface area contributed by atoms with E-state index in [1.54, 1.807) is 25.1 Å². The van der Waals surface area contributed by atoms with Gasteiger partial charge < -0.3 is 15.2 Å². The molecule has 2 aromatic rings. The predicted octanol–water partition coefficient (Wildman–Crippen LogP) is 3.87. The van der Waals surface area contributed by atoms with E-state index in [1.807, 2.05) is 20.8 Å². The largest absolute Gasteiger partial charge is 0.419 e. The van der Waals surface area contributed by atoms with Crippen molar-refractivity contribution in [1.82, 2.24) is 5.32 Å². The summed E-state index contributed by atoms with van der Waals surface area (Å²) in [4.78, 5) is 26.0. The Hall–Kier alpha value is -2.25. The van der Waals surface area contributed by atoms with E-state index in [1.165, 1.54) is 23.5 Å². The number of benzene rings is 1. The van der Waals surface area contributed by atoms with Gasteiger partial charge in [0.1, 0.15) is 4.88 Å². The third-order valence-electron chi connectivity index (χ3n) is 4.43. The van der Waals surface area contributed by atoms with Crippen molar-refractivity contribution >= 4 is 23.2 Å². The fourth-order valence-corrected chi connectivity index (χ4v) is 3.71. The van der Waals surface area contributed by atoms with Crippen LogP contribution < -0.4 is 10.1 Å². The summed E-state index contributed by atoms with van der Waals surface area (Å²) in [6.45, 7) is 7.16. The Kier molecular flexibility index (Phi) is 7.32. The molecule has 0 radical (unpaired) electrons. The minimum absolute atomic E-state index is 0.108. The van der Waals surface area contributed by atoms with Crippen molar-refractivity contribution in [3.63, 3.8) is 0 Å². The van der Waals surface area contributed by atoms with Crippen LogP contribution in [0.25, 0.3) is 0 Å². The highest BCUT2D eigenvalue weighted by molar-refractivity contribution is 7.13. The molecule has 5 nitrogen and oxygen atoms in total. The Morgan fingerprint density at radius 3 is 2.61 bits per heavy atom. The molecular weight excluding hydrogens is 381 g/mol. The van der Waals surface area contributed by atoms with Crippen LogP contribution >= 0.6 is 11.3 Å². The van der Waals surface area contributed by atoms with Crippen molar-refractivity contribution in [3.05, 3.63) is 51.5 Å². The Labute approximate surface area is 168 Å². The zero-order valence-electron chi connectivity index (χ0n) is 16.5. The molecule has 0 saturated carbocycles. The number of hydrogen-bond acceptors (Lipinski definition) is 5. The average molecular weight is 408 g/mol. The second-order valence-corrected chi connectivity index (χ2v) is 8.58. The van der Waals surface area contributed by atoms with Gasteiger partial charge in [0.2, 0.25) is 5.91 Å². The standard InChI is InChI=1S/C21H26FNO4S/c1-5-14(12-24)23-20(26)21(3,4)11-15-7-9-18(28-15)19(25)27-17-8-6-13(2)10-16(17)22/h6-10,14,24H,5,11-12H2,1-4H3,(H,23,26). The van der Waals surface area contributed by atoms with E-state index in [9.17, 15) is 19.1 Å². The van der Waals surface area contributed by atoms with E-state index in [4.69, 9.17) is 4.74 Å². The van der Waals surface area contributed by atoms with Gasteiger partial charge in [-0.3, -0.25) is 4.79 Å². The second-order valence-electron chi connectivity index (χ2n) is 7.41. The number of rotatable bonds is 8. The Morgan fingerprint density at radius 1 is 1.29 bits per heavy atom. The normalized spacial score (nSPS) is 12.5. The van der Waals surface area contributed by atoms with Gasteiger partial charge in [-0.25, -0.2) is 9.18 Å². The Balaban J connectivity index is 2.04. The van der Waals surface area contributed by atoms with Crippen LogP contribution in [0.15, 0.2) is 30.3 Å². The maximum Gasteiger partial charge on any atom is 0.353 e. The van der Waals surface area contributed by atoms with Crippen molar-refractivity contribution in [2.45, 2.75) is 46.6 Å². The molecule has 1 atom stereocenters. The molecular formula is C21H26FNO4S. The number of esters is 1. The molecule has 0 saturated heterocycles. The van der Waals surface area contributed by atoms with Gasteiger partial charge in [0.25, 0.3) is 0 Å². The lowest BCUT2D eigenvalue weighted by atomic mass is 9.87. The molecule has 0 aliphatic rings. The van der Waals surface area contributed by atoms with Crippen LogP contribution in [-0.4, -0.2) is 29.6 Å². The zero-order chi connectivity index (χ0) is 20.9. The highest BCUT2D eigenvalue weighted by atomic mass is 32.1. The van der Waals surface area contributed by atoms with Crippen molar-refractivity contribution in [3.8, 4) is 5.75 Å². The molecule has 1 aromatic heterocycles. The third kappa shape index (κ3) is 5.62. The molecule has 0 bridgehead atoms. The van der Waals surface area contributed by atoms with Gasteiger partial charge in [-0.05, 0) is 49.6 Å². The highest BCUT2D eigenvalue weighted by Crippen LogP contribution is 2.28. The predicted molar refractivity (Wildman–Crippen MR) is 107 cm³/mol. The lowest BCUT2D eigenvalue weighted by molar-refractivity contribution is -0.130. The number of ether oxygens (including phenoxy) is 1. The van der Waals surface area contributed by atoms with Gasteiger partial charge in [0, 0.05) is 10.3 Å². The number of halogens is 1. The van der Waals surface area contributed by atoms with Crippen molar-refractivity contribution in [2.75, 3.05) is 6.61 Å². The Morgan fingerprint density at radius 2 is 2.00 bits per heavy atom. The maximum atomic E-state index is 13.9. The van der Waals surface area contributed by atoms with Crippen LogP contribution in [0.1, 0.15) is 47.3 Å². The molecule has 2 N–H and O–H groups in total. The van der Waals surface area contributed by atoms with E-state index in [0.29, 0.717) is 17.7 Å². The first kappa shape index (κ1) is 22.0. The van der Waals surface area contributed by atoms with E-state index in [-0.39, 0.29) is 24.3 Å². The summed E-state index contributed by atoms with van der Waals surface area (Å²) in [5, 5.41) is 12.1. The number of amides is 1. The van der Waals surface area contributed by atoms with Crippen LogP contribution in [0.5, 0.6) is 5.75 Å². The number of nitrogens with one attached hydrogen (secondary N) is 1. The summed E-state index contributed by atoms with van der Waals surface area (Å²) in [7, 11) is 0. The van der Waals surface area contributed by atoms with Gasteiger partial charge in [0.05, 0.1) is 12.6 Å². The van der Waals surface area contributed by atoms with Crippen LogP contribution in [0.4, 0.5) is 4.39 Å². The number of hydrogen-bond donors (Lipinski definition) is 2. The van der Waals surface area contributed by atoms with Gasteiger partial charge in [0.15, 0.2) is 11.6 Å². The minimum Gasteiger partial charge on any atom is -0.419 e. The lowest BCUT2D eigenvalue weighted by Gasteiger charge is -2.25. The summed E-state index contributed by atoms with van der Waals surface area (Å²) < 4.78 is 19.0. The highest BCUT2D eigenvalue weighted by Gasteiger charge is 2.30. The van der Waals surface area contributed by atoms with Crippen LogP contribution in [0.3, 0.4) is 0 Å². The number of aliphatic hydroxyl groups excluding tert-OH is 1. The SMILES string of the molecule is CCC(CO)NC(=O)C(C)(C)Cc1ccc(C(=O)Oc2ccc(C)cc2F)s1. The van der Waals surface area contributed by atoms with Crippen molar-refractivity contribution in [1.29, 1.82) is 0 Å². The molecule has 28 heavy (non-hydrogen) atoms. The second kappa shape index (κ2) is 9.30. The first-order valence-electron chi connectivity index (χ1n) is 9.15. The van der Waals surface area contributed by atoms with Crippen LogP contribution in [0.2, 0.25) is 0 Å². The molecule has 7 heteroatoms. The number of aliphatic hydroxyl groups is 1. The number of aryl methyl sites for hydroxylation is 1. The van der Waals surface area contributed by atoms with Gasteiger partial charge in [-0.2, -0.15) is 0 Å². The molecule has 1 heterocycles. The van der Waals surface area contributed by atoms with E-state index >= 15 is 0 Å². The minimum atomic E-state index is -0.711. The molecule has 0 aliphatic heterocycles. The quantitative estimate of drug-likeness (QED) is 0.515. The van der Waals surface area contributed by atoms with Gasteiger partial charge in [-0.1, -0.05) is 26.8 Å². The molecule has 0 spiro atoms. The lowest BCUT2D eigenvalue weighted by Crippen LogP contribution is -2.45. The van der Waals surface area contributed by atoms with Crippen molar-refractivity contribution in [2.24, 2.45) is 5.41 Å². The summed E-state index contributed by atoms with van der Waals surface area (Å²) in [6.07, 6.45) is 1.07. The maximum absolute atomic E-state index is 13.9. The fourth-order valence-electron chi connectivity index (χ4n) is 2.59. The van der Waals surface area contributed by atoms with Gasteiger partial charge >= 0.3 is 5.97 Å². The molecule has 0 fully saturated rings. The molecule has 2 rings (SSSR count). The van der Waals surface area contributed by atoms with E-state index in [0.717, 1.165) is 10.4 Å². The van der Waals surface area contributed by atoms with E-state index in [2.05, 4.69) is 5.32 Å². The summed E-state index contributed by atoms with van der Waals surface area (Å²) in [5.74, 6) is -1.49. The summed E-state index contributed by atoms with van der Waals surface area (Å²) >= 11 is 1.22. The fraction of sp³-hybridized carbons (Fsp3) is 0.429. The van der Waals surface area contributed by atoms with Gasteiger partial charge in [-0.15, -0.1) is 11.3 Å². The third-order valence-corrected chi connectivity index (χ3v) is 5.50. The van der Waals surface area contributed by atoms with Crippen LogP contribution in [-0.2, 0) is 11.2 Å². The molecule has 1 aromatic carbocycles. The topological polar surface area (TPSA) is 75.6 Å². The number of carbonyl (C=O) groups is 2. The molecule has 0 aliphatic carbocycles. The number of thiophene rings is 1. The number of carbonyl (C=O) groups excluding carboxylic acids is 2. The first-order chi connectivity index (χ1) is 13.2. The summed E-state index contributed by atoms with van der Waals surface area (Å²) in [6, 6.07) is 7.51. The molecule has 1 unspecified atom stereocenters. The monoisotopic (exact) mass is 407 g/mol. The molecule has 1 amide bonds.